The van der Waals surface area contributed by atoms with Gasteiger partial charge in [-0.3, -0.25) is 19.9 Å². The van der Waals surface area contributed by atoms with Crippen molar-refractivity contribution in [1.82, 2.24) is 40.0 Å². The lowest BCUT2D eigenvalue weighted by Gasteiger charge is -2.20. The first-order valence-corrected chi connectivity index (χ1v) is 15.9. The summed E-state index contributed by atoms with van der Waals surface area (Å²) in [5, 5.41) is 11.3. The highest BCUT2D eigenvalue weighted by molar-refractivity contribution is 5.96. The molecule has 0 radical (unpaired) electrons. The number of halogens is 1. The fourth-order valence-corrected chi connectivity index (χ4v) is 6.16. The normalized spacial score (nSPS) is 13.9. The second-order valence-corrected chi connectivity index (χ2v) is 12.4. The number of anilines is 1. The second kappa shape index (κ2) is 13.2. The Morgan fingerprint density at radius 2 is 1.85 bits per heavy atom. The van der Waals surface area contributed by atoms with Crippen molar-refractivity contribution in [3.63, 3.8) is 0 Å². The lowest BCUT2D eigenvalue weighted by molar-refractivity contribution is -0.117. The average Bonchev–Trinajstić information content (AvgIpc) is 3.69. The number of aromatic nitrogens is 7. The molecule has 6 aromatic rings. The van der Waals surface area contributed by atoms with Crippen molar-refractivity contribution in [3.05, 3.63) is 67.0 Å². The summed E-state index contributed by atoms with van der Waals surface area (Å²) in [6.07, 6.45) is 13.3. The van der Waals surface area contributed by atoms with Crippen LogP contribution in [0.4, 0.5) is 10.1 Å². The Bertz CT molecular complexity index is 2050. The first-order chi connectivity index (χ1) is 22.9. The lowest BCUT2D eigenvalue weighted by Crippen LogP contribution is -2.19. The number of carbonyl (C=O) groups excluding carboxylic acids is 1. The van der Waals surface area contributed by atoms with Gasteiger partial charge in [-0.2, -0.15) is 5.10 Å². The molecule has 1 aromatic carbocycles. The van der Waals surface area contributed by atoms with Crippen molar-refractivity contribution < 1.29 is 13.9 Å². The zero-order valence-corrected chi connectivity index (χ0v) is 26.4. The van der Waals surface area contributed by atoms with Crippen LogP contribution in [0.1, 0.15) is 38.5 Å². The van der Waals surface area contributed by atoms with Crippen molar-refractivity contribution in [2.75, 3.05) is 32.6 Å². The number of nitrogens with zero attached hydrogens (tertiary/aromatic N) is 6. The van der Waals surface area contributed by atoms with Crippen molar-refractivity contribution in [3.8, 4) is 39.7 Å². The predicted octanol–water partition coefficient (Wildman–Crippen LogP) is 6.61. The second-order valence-electron chi connectivity index (χ2n) is 12.4. The number of H-pyrrole nitrogens is 2. The topological polar surface area (TPSA) is 138 Å². The molecule has 7 rings (SSSR count). The number of hydrogen-bond donors (Lipinski definition) is 3. The van der Waals surface area contributed by atoms with Crippen molar-refractivity contribution in [1.29, 1.82) is 0 Å². The van der Waals surface area contributed by atoms with Crippen molar-refractivity contribution >= 4 is 33.7 Å². The number of imidazole rings is 1. The van der Waals surface area contributed by atoms with Gasteiger partial charge in [0.2, 0.25) is 5.91 Å². The van der Waals surface area contributed by atoms with Crippen molar-refractivity contribution in [2.45, 2.75) is 38.5 Å². The highest BCUT2D eigenvalue weighted by Crippen LogP contribution is 2.33. The van der Waals surface area contributed by atoms with E-state index in [-0.39, 0.29) is 5.91 Å². The van der Waals surface area contributed by atoms with Crippen LogP contribution in [0.3, 0.4) is 0 Å². The number of hydrogen-bond acceptors (Lipinski definition) is 8. The van der Waals surface area contributed by atoms with Crippen LogP contribution in [0.25, 0.3) is 56.0 Å². The molecule has 0 unspecified atom stereocenters. The van der Waals surface area contributed by atoms with E-state index in [2.05, 4.69) is 35.5 Å². The number of rotatable bonds is 10. The average molecular weight is 634 g/mol. The van der Waals surface area contributed by atoms with Gasteiger partial charge in [-0.1, -0.05) is 19.3 Å². The fourth-order valence-electron chi connectivity index (χ4n) is 6.16. The Labute approximate surface area is 271 Å². The molecular formula is C35H36FN9O2. The number of ether oxygens (including phenoxy) is 1. The van der Waals surface area contributed by atoms with E-state index >= 15 is 0 Å². The van der Waals surface area contributed by atoms with E-state index < -0.39 is 5.82 Å². The smallest absolute Gasteiger partial charge is 0.224 e. The van der Waals surface area contributed by atoms with Crippen LogP contribution in [0.15, 0.2) is 61.2 Å². The van der Waals surface area contributed by atoms with E-state index in [9.17, 15) is 9.18 Å². The third-order valence-electron chi connectivity index (χ3n) is 8.55. The Kier molecular flexibility index (Phi) is 8.58. The Morgan fingerprint density at radius 3 is 2.70 bits per heavy atom. The van der Waals surface area contributed by atoms with Gasteiger partial charge in [0.25, 0.3) is 0 Å². The minimum Gasteiger partial charge on any atom is -0.492 e. The third kappa shape index (κ3) is 6.82. The maximum atomic E-state index is 14.7. The van der Waals surface area contributed by atoms with Gasteiger partial charge in [-0.15, -0.1) is 0 Å². The first kappa shape index (κ1) is 30.4. The molecule has 1 amide bonds. The number of fused-ring (bicyclic) bond motifs is 2. The number of likely N-dealkylation sites (N-methyl/N-ethyl adjacent to an activating group) is 1. The summed E-state index contributed by atoms with van der Waals surface area (Å²) in [4.78, 5) is 36.5. The summed E-state index contributed by atoms with van der Waals surface area (Å²) in [6, 6.07) is 10.3. The van der Waals surface area contributed by atoms with Crippen LogP contribution in [0.5, 0.6) is 5.75 Å². The van der Waals surface area contributed by atoms with Gasteiger partial charge >= 0.3 is 0 Å². The molecule has 0 saturated heterocycles. The van der Waals surface area contributed by atoms with E-state index in [0.29, 0.717) is 70.9 Å². The Morgan fingerprint density at radius 1 is 1.00 bits per heavy atom. The number of nitrogens with one attached hydrogen (secondary N) is 3. The van der Waals surface area contributed by atoms with Gasteiger partial charge in [-0.25, -0.2) is 14.4 Å². The maximum Gasteiger partial charge on any atom is 0.224 e. The van der Waals surface area contributed by atoms with Gasteiger partial charge < -0.3 is 19.9 Å². The minimum atomic E-state index is -0.420. The molecule has 1 saturated carbocycles. The minimum absolute atomic E-state index is 0.0200. The molecule has 11 nitrogen and oxygen atoms in total. The molecular weight excluding hydrogens is 597 g/mol. The van der Waals surface area contributed by atoms with Gasteiger partial charge in [0.05, 0.1) is 28.5 Å². The van der Waals surface area contributed by atoms with E-state index in [4.69, 9.17) is 9.72 Å². The van der Waals surface area contributed by atoms with Crippen molar-refractivity contribution in [2.24, 2.45) is 5.92 Å². The number of benzene rings is 1. The summed E-state index contributed by atoms with van der Waals surface area (Å²) in [5.41, 5.74) is 5.83. The van der Waals surface area contributed by atoms with E-state index in [1.54, 1.807) is 30.9 Å². The summed E-state index contributed by atoms with van der Waals surface area (Å²) in [6.45, 7) is 1.13. The highest BCUT2D eigenvalue weighted by Gasteiger charge is 2.19. The van der Waals surface area contributed by atoms with Crippen LogP contribution in [0.2, 0.25) is 0 Å². The molecule has 0 bridgehead atoms. The van der Waals surface area contributed by atoms with Crippen LogP contribution >= 0.6 is 0 Å². The molecule has 47 heavy (non-hydrogen) atoms. The zero-order valence-electron chi connectivity index (χ0n) is 26.4. The Hall–Kier alpha value is -5.23. The van der Waals surface area contributed by atoms with Crippen LogP contribution in [-0.4, -0.2) is 73.2 Å². The number of aromatic amines is 2. The molecule has 12 heteroatoms. The molecule has 5 heterocycles. The predicted molar refractivity (Wildman–Crippen MR) is 179 cm³/mol. The molecule has 1 aliphatic carbocycles. The fraction of sp³-hybridized carbons (Fsp3) is 0.314. The van der Waals surface area contributed by atoms with Gasteiger partial charge in [-0.05, 0) is 63.2 Å². The molecule has 1 aliphatic rings. The Balaban J connectivity index is 1.16. The van der Waals surface area contributed by atoms with Crippen LogP contribution in [-0.2, 0) is 4.79 Å². The number of amides is 1. The molecule has 0 spiro atoms. The van der Waals surface area contributed by atoms with E-state index in [1.807, 2.05) is 37.2 Å². The van der Waals surface area contributed by atoms with Gasteiger partial charge in [0.1, 0.15) is 29.4 Å². The lowest BCUT2D eigenvalue weighted by atomic mass is 9.87. The first-order valence-electron chi connectivity index (χ1n) is 15.9. The molecule has 1 fully saturated rings. The standard InChI is InChI=1S/C35H36FN9O2/c1-45(2)10-11-47-27-15-22(13-25(36)17-27)31-33-29(8-9-38-31)41-35(42-33)32-28-16-24(19-39-34(28)44-43-32)23-14-26(20-37-18-23)40-30(46)12-21-6-4-3-5-7-21/h8-9,13-21H,3-7,10-12H2,1-2H3,(H,40,46)(H,41,42)(H,39,43,44). The number of carbonyl (C=O) groups is 1. The molecule has 240 valence electrons. The third-order valence-corrected chi connectivity index (χ3v) is 8.55. The summed E-state index contributed by atoms with van der Waals surface area (Å²) < 4.78 is 20.5. The molecule has 0 atom stereocenters. The highest BCUT2D eigenvalue weighted by atomic mass is 19.1. The molecule has 3 N–H and O–H groups in total. The maximum absolute atomic E-state index is 14.7. The van der Waals surface area contributed by atoms with E-state index in [0.717, 1.165) is 34.9 Å². The van der Waals surface area contributed by atoms with Crippen LogP contribution in [0, 0.1) is 11.7 Å². The molecule has 5 aromatic heterocycles. The summed E-state index contributed by atoms with van der Waals surface area (Å²) >= 11 is 0. The number of pyridine rings is 3. The van der Waals surface area contributed by atoms with Gasteiger partial charge in [0, 0.05) is 54.3 Å². The SMILES string of the molecule is CN(C)CCOc1cc(F)cc(-c2nccc3[nH]c(-c4n[nH]c5ncc(-c6cncc(NC(=O)CC7CCCCC7)c6)cc45)nc23)c1. The quantitative estimate of drug-likeness (QED) is 0.153. The van der Waals surface area contributed by atoms with Crippen LogP contribution < -0.4 is 10.1 Å². The largest absolute Gasteiger partial charge is 0.492 e. The van der Waals surface area contributed by atoms with Gasteiger partial charge in [0.15, 0.2) is 11.5 Å². The summed E-state index contributed by atoms with van der Waals surface area (Å²) in [7, 11) is 3.91. The monoisotopic (exact) mass is 633 g/mol. The summed E-state index contributed by atoms with van der Waals surface area (Å²) in [5.74, 6) is 0.994. The van der Waals surface area contributed by atoms with E-state index in [1.165, 1.54) is 31.4 Å². The zero-order chi connectivity index (χ0) is 32.3. The molecule has 0 aliphatic heterocycles.